The predicted octanol–water partition coefficient (Wildman–Crippen LogP) is 4.15. The van der Waals surface area contributed by atoms with Crippen molar-refractivity contribution in [2.75, 3.05) is 12.5 Å². The molecule has 1 heterocycles. The number of anilines is 1. The highest BCUT2D eigenvalue weighted by Crippen LogP contribution is 2.19. The van der Waals surface area contributed by atoms with Gasteiger partial charge in [0.25, 0.3) is 5.56 Å². The Hall–Kier alpha value is -3.93. The van der Waals surface area contributed by atoms with E-state index >= 15 is 0 Å². The normalized spacial score (nSPS) is 11.1. The first-order chi connectivity index (χ1) is 14.2. The maximum Gasteiger partial charge on any atom is 0.267 e. The molecule has 0 amide bonds. The van der Waals surface area contributed by atoms with Gasteiger partial charge in [-0.1, -0.05) is 30.3 Å². The standard InChI is InChI=1S/C23H20N4O2/c1-16-7-3-6-10-21(16)27-22(28)19-8-4-5-9-20(19)25-23(27)26-24-15-17-11-13-18(29-2)14-12-17/h3-15H,1-2H3,(H,25,26)/b24-15-. The number of benzene rings is 3. The molecule has 0 radical (unpaired) electrons. The van der Waals surface area contributed by atoms with E-state index in [2.05, 4.69) is 15.5 Å². The molecule has 0 unspecified atom stereocenters. The van der Waals surface area contributed by atoms with E-state index in [1.54, 1.807) is 24.0 Å². The van der Waals surface area contributed by atoms with Crippen LogP contribution in [0.2, 0.25) is 0 Å². The number of methoxy groups -OCH3 is 1. The smallest absolute Gasteiger partial charge is 0.267 e. The van der Waals surface area contributed by atoms with Crippen molar-refractivity contribution in [3.05, 3.63) is 94.3 Å². The summed E-state index contributed by atoms with van der Waals surface area (Å²) in [7, 11) is 1.63. The highest BCUT2D eigenvalue weighted by Gasteiger charge is 2.13. The lowest BCUT2D eigenvalue weighted by Crippen LogP contribution is -2.23. The van der Waals surface area contributed by atoms with Gasteiger partial charge in [-0.2, -0.15) is 5.10 Å². The molecule has 29 heavy (non-hydrogen) atoms. The number of hydrazone groups is 1. The van der Waals surface area contributed by atoms with Crippen LogP contribution in [-0.2, 0) is 0 Å². The van der Waals surface area contributed by atoms with Gasteiger partial charge in [-0.05, 0) is 60.5 Å². The zero-order chi connectivity index (χ0) is 20.2. The molecule has 0 saturated carbocycles. The first-order valence-electron chi connectivity index (χ1n) is 9.18. The fraction of sp³-hybridized carbons (Fsp3) is 0.0870. The molecular weight excluding hydrogens is 364 g/mol. The van der Waals surface area contributed by atoms with E-state index in [1.165, 1.54) is 0 Å². The fourth-order valence-corrected chi connectivity index (χ4v) is 3.10. The molecule has 6 heteroatoms. The Balaban J connectivity index is 1.78. The average Bonchev–Trinajstić information content (AvgIpc) is 2.75. The largest absolute Gasteiger partial charge is 0.497 e. The van der Waals surface area contributed by atoms with Gasteiger partial charge in [0, 0.05) is 0 Å². The molecule has 144 valence electrons. The zero-order valence-electron chi connectivity index (χ0n) is 16.2. The molecule has 0 spiro atoms. The zero-order valence-corrected chi connectivity index (χ0v) is 16.2. The lowest BCUT2D eigenvalue weighted by Gasteiger charge is -2.14. The Morgan fingerprint density at radius 3 is 2.48 bits per heavy atom. The number of hydrogen-bond acceptors (Lipinski definition) is 5. The quantitative estimate of drug-likeness (QED) is 0.415. The Kier molecular flexibility index (Phi) is 5.07. The van der Waals surface area contributed by atoms with Crippen LogP contribution in [0.4, 0.5) is 5.95 Å². The van der Waals surface area contributed by atoms with Crippen LogP contribution in [0.5, 0.6) is 5.75 Å². The molecule has 0 aliphatic rings. The molecule has 1 aromatic heterocycles. The van der Waals surface area contributed by atoms with Crippen molar-refractivity contribution in [1.29, 1.82) is 0 Å². The van der Waals surface area contributed by atoms with E-state index < -0.39 is 0 Å². The van der Waals surface area contributed by atoms with Crippen molar-refractivity contribution in [2.24, 2.45) is 5.10 Å². The Morgan fingerprint density at radius 2 is 1.72 bits per heavy atom. The molecule has 0 bridgehead atoms. The van der Waals surface area contributed by atoms with Crippen LogP contribution in [0.3, 0.4) is 0 Å². The average molecular weight is 384 g/mol. The van der Waals surface area contributed by atoms with Crippen LogP contribution in [-0.4, -0.2) is 22.9 Å². The molecule has 3 aromatic carbocycles. The van der Waals surface area contributed by atoms with Crippen molar-refractivity contribution in [1.82, 2.24) is 9.55 Å². The summed E-state index contributed by atoms with van der Waals surface area (Å²) in [6.07, 6.45) is 1.67. The molecule has 0 aliphatic carbocycles. The molecule has 4 aromatic rings. The van der Waals surface area contributed by atoms with Crippen LogP contribution in [0, 0.1) is 6.92 Å². The molecule has 0 aliphatic heterocycles. The van der Waals surface area contributed by atoms with E-state index in [1.807, 2.05) is 73.7 Å². The molecule has 0 saturated heterocycles. The van der Waals surface area contributed by atoms with Crippen LogP contribution in [0.15, 0.2) is 82.7 Å². The first-order valence-corrected chi connectivity index (χ1v) is 9.18. The summed E-state index contributed by atoms with van der Waals surface area (Å²) >= 11 is 0. The predicted molar refractivity (Wildman–Crippen MR) is 116 cm³/mol. The number of ether oxygens (including phenoxy) is 1. The van der Waals surface area contributed by atoms with E-state index in [0.29, 0.717) is 16.9 Å². The van der Waals surface area contributed by atoms with Gasteiger partial charge >= 0.3 is 0 Å². The van der Waals surface area contributed by atoms with Crippen molar-refractivity contribution in [2.45, 2.75) is 6.92 Å². The van der Waals surface area contributed by atoms with Crippen LogP contribution in [0.25, 0.3) is 16.6 Å². The van der Waals surface area contributed by atoms with Gasteiger partial charge in [0.15, 0.2) is 0 Å². The van der Waals surface area contributed by atoms with Gasteiger partial charge in [0.2, 0.25) is 5.95 Å². The number of para-hydroxylation sites is 2. The second kappa shape index (κ2) is 7.98. The second-order valence-electron chi connectivity index (χ2n) is 6.52. The number of nitrogens with zero attached hydrogens (tertiary/aromatic N) is 3. The van der Waals surface area contributed by atoms with Gasteiger partial charge in [0.1, 0.15) is 5.75 Å². The van der Waals surface area contributed by atoms with Gasteiger partial charge in [-0.15, -0.1) is 0 Å². The van der Waals surface area contributed by atoms with Crippen molar-refractivity contribution in [3.63, 3.8) is 0 Å². The number of aryl methyl sites for hydroxylation is 1. The highest BCUT2D eigenvalue weighted by atomic mass is 16.5. The van der Waals surface area contributed by atoms with Gasteiger partial charge in [-0.25, -0.2) is 15.0 Å². The van der Waals surface area contributed by atoms with Crippen molar-refractivity contribution < 1.29 is 4.74 Å². The van der Waals surface area contributed by atoms with Crippen LogP contribution < -0.4 is 15.7 Å². The maximum atomic E-state index is 13.2. The lowest BCUT2D eigenvalue weighted by molar-refractivity contribution is 0.415. The Bertz CT molecular complexity index is 1240. The minimum atomic E-state index is -0.146. The Morgan fingerprint density at radius 1 is 1.00 bits per heavy atom. The second-order valence-corrected chi connectivity index (χ2v) is 6.52. The van der Waals surface area contributed by atoms with Crippen LogP contribution >= 0.6 is 0 Å². The minimum absolute atomic E-state index is 0.146. The number of rotatable bonds is 5. The number of nitrogens with one attached hydrogen (secondary N) is 1. The molecule has 6 nitrogen and oxygen atoms in total. The van der Waals surface area contributed by atoms with E-state index in [4.69, 9.17) is 4.74 Å². The minimum Gasteiger partial charge on any atom is -0.497 e. The molecule has 0 atom stereocenters. The third-order valence-corrected chi connectivity index (χ3v) is 4.63. The monoisotopic (exact) mass is 384 g/mol. The third kappa shape index (κ3) is 3.73. The topological polar surface area (TPSA) is 68.5 Å². The van der Waals surface area contributed by atoms with E-state index in [-0.39, 0.29) is 5.56 Å². The summed E-state index contributed by atoms with van der Waals surface area (Å²) in [5, 5.41) is 4.85. The molecular formula is C23H20N4O2. The van der Waals surface area contributed by atoms with E-state index in [0.717, 1.165) is 22.6 Å². The SMILES string of the molecule is COc1ccc(/C=N\Nc2nc3ccccc3c(=O)n2-c2ccccc2C)cc1. The summed E-state index contributed by atoms with van der Waals surface area (Å²) in [5.74, 6) is 1.13. The molecule has 4 rings (SSSR count). The number of fused-ring (bicyclic) bond motifs is 1. The number of aromatic nitrogens is 2. The lowest BCUT2D eigenvalue weighted by atomic mass is 10.2. The first kappa shape index (κ1) is 18.4. The third-order valence-electron chi connectivity index (χ3n) is 4.63. The summed E-state index contributed by atoms with van der Waals surface area (Å²) in [4.78, 5) is 17.9. The fourth-order valence-electron chi connectivity index (χ4n) is 3.10. The highest BCUT2D eigenvalue weighted by molar-refractivity contribution is 5.81. The summed E-state index contributed by atoms with van der Waals surface area (Å²) in [6.45, 7) is 1.96. The summed E-state index contributed by atoms with van der Waals surface area (Å²) < 4.78 is 6.72. The molecule has 0 fully saturated rings. The summed E-state index contributed by atoms with van der Waals surface area (Å²) in [5.41, 5.74) is 6.03. The summed E-state index contributed by atoms with van der Waals surface area (Å²) in [6, 6.07) is 22.5. The Labute approximate surface area is 168 Å². The number of hydrogen-bond donors (Lipinski definition) is 1. The van der Waals surface area contributed by atoms with Crippen molar-refractivity contribution in [3.8, 4) is 11.4 Å². The maximum absolute atomic E-state index is 13.2. The van der Waals surface area contributed by atoms with Crippen LogP contribution in [0.1, 0.15) is 11.1 Å². The van der Waals surface area contributed by atoms with Gasteiger partial charge in [-0.3, -0.25) is 4.79 Å². The van der Waals surface area contributed by atoms with Gasteiger partial charge in [0.05, 0.1) is 29.9 Å². The van der Waals surface area contributed by atoms with E-state index in [9.17, 15) is 4.79 Å². The molecule has 1 N–H and O–H groups in total. The van der Waals surface area contributed by atoms with Gasteiger partial charge < -0.3 is 4.74 Å². The van der Waals surface area contributed by atoms with Crippen molar-refractivity contribution >= 4 is 23.1 Å².